The van der Waals surface area contributed by atoms with Gasteiger partial charge in [-0.2, -0.15) is 0 Å². The van der Waals surface area contributed by atoms with Gasteiger partial charge in [0.2, 0.25) is 0 Å². The first-order valence-electron chi connectivity index (χ1n) is 9.44. The molecular formula is C21H22ClFN4O3. The lowest BCUT2D eigenvalue weighted by molar-refractivity contribution is -0.107. The number of nitrogens with zero attached hydrogens (tertiary/aromatic N) is 2. The highest BCUT2D eigenvalue weighted by molar-refractivity contribution is 6.31. The molecule has 0 radical (unpaired) electrons. The molecule has 0 amide bonds. The molecule has 0 aliphatic rings. The minimum atomic E-state index is -0.491. The van der Waals surface area contributed by atoms with E-state index in [1.165, 1.54) is 18.5 Å². The van der Waals surface area contributed by atoms with Crippen molar-refractivity contribution in [2.45, 2.75) is 12.8 Å². The molecule has 0 spiro atoms. The van der Waals surface area contributed by atoms with Crippen LogP contribution < -0.4 is 20.1 Å². The second kappa shape index (κ2) is 10.7. The predicted octanol–water partition coefficient (Wildman–Crippen LogP) is 4.12. The van der Waals surface area contributed by atoms with Gasteiger partial charge in [0.15, 0.2) is 11.5 Å². The van der Waals surface area contributed by atoms with Gasteiger partial charge in [-0.15, -0.1) is 0 Å². The molecule has 0 atom stereocenters. The van der Waals surface area contributed by atoms with Crippen molar-refractivity contribution in [3.05, 3.63) is 47.5 Å². The zero-order chi connectivity index (χ0) is 21.3. The molecule has 7 nitrogen and oxygen atoms in total. The van der Waals surface area contributed by atoms with Gasteiger partial charge >= 0.3 is 0 Å². The van der Waals surface area contributed by atoms with Gasteiger partial charge in [0, 0.05) is 30.1 Å². The van der Waals surface area contributed by atoms with Crippen molar-refractivity contribution >= 4 is 40.3 Å². The summed E-state index contributed by atoms with van der Waals surface area (Å²) in [4.78, 5) is 18.9. The molecule has 0 saturated heterocycles. The van der Waals surface area contributed by atoms with E-state index in [2.05, 4.69) is 20.6 Å². The monoisotopic (exact) mass is 432 g/mol. The van der Waals surface area contributed by atoms with Gasteiger partial charge in [-0.05, 0) is 37.2 Å². The number of aromatic nitrogens is 2. The number of unbranched alkanes of at least 4 members (excludes halogenated alkanes) is 1. The summed E-state index contributed by atoms with van der Waals surface area (Å²) in [6, 6.07) is 7.92. The lowest BCUT2D eigenvalue weighted by Crippen LogP contribution is -2.22. The van der Waals surface area contributed by atoms with E-state index < -0.39 is 5.82 Å². The molecule has 0 bridgehead atoms. The Morgan fingerprint density at radius 1 is 1.17 bits per heavy atom. The summed E-state index contributed by atoms with van der Waals surface area (Å²) < 4.78 is 24.7. The van der Waals surface area contributed by atoms with Crippen LogP contribution in [-0.2, 0) is 4.79 Å². The van der Waals surface area contributed by atoms with E-state index >= 15 is 0 Å². The Morgan fingerprint density at radius 3 is 2.80 bits per heavy atom. The van der Waals surface area contributed by atoms with E-state index in [0.29, 0.717) is 53.5 Å². The predicted molar refractivity (Wildman–Crippen MR) is 114 cm³/mol. The third-order valence-electron chi connectivity index (χ3n) is 4.32. The van der Waals surface area contributed by atoms with Crippen molar-refractivity contribution < 1.29 is 18.7 Å². The van der Waals surface area contributed by atoms with Crippen LogP contribution >= 0.6 is 11.6 Å². The lowest BCUT2D eigenvalue weighted by atomic mass is 10.2. The van der Waals surface area contributed by atoms with Crippen molar-refractivity contribution in [1.29, 1.82) is 0 Å². The first kappa shape index (κ1) is 21.7. The first-order valence-corrected chi connectivity index (χ1v) is 9.82. The Kier molecular flexibility index (Phi) is 7.75. The smallest absolute Gasteiger partial charge is 0.162 e. The maximum atomic E-state index is 13.4. The van der Waals surface area contributed by atoms with Gasteiger partial charge in [-0.25, -0.2) is 14.4 Å². The number of carbonyl (C=O) groups is 1. The summed E-state index contributed by atoms with van der Waals surface area (Å²) in [7, 11) is 1.56. The van der Waals surface area contributed by atoms with Crippen LogP contribution in [0.3, 0.4) is 0 Å². The standard InChI is InChI=1S/C21H22ClFN4O3/c1-29-19-12-18-15(11-20(19)30-9-7-24-6-2-3-8-28)21(26-13-25-18)27-14-4-5-17(23)16(22)10-14/h4-5,8,10-13,24H,2-3,6-7,9H2,1H3,(H,25,26,27). The fourth-order valence-corrected chi connectivity index (χ4v) is 3.00. The third-order valence-corrected chi connectivity index (χ3v) is 4.60. The van der Waals surface area contributed by atoms with Gasteiger partial charge in [0.1, 0.15) is 30.9 Å². The van der Waals surface area contributed by atoms with E-state index in [1.54, 1.807) is 25.3 Å². The molecule has 3 rings (SSSR count). The molecule has 0 aliphatic carbocycles. The molecule has 0 fully saturated rings. The maximum absolute atomic E-state index is 13.4. The maximum Gasteiger partial charge on any atom is 0.162 e. The number of hydrogen-bond acceptors (Lipinski definition) is 7. The minimum absolute atomic E-state index is 0.0182. The molecule has 0 saturated carbocycles. The minimum Gasteiger partial charge on any atom is -0.493 e. The molecule has 0 unspecified atom stereocenters. The van der Waals surface area contributed by atoms with Crippen LogP contribution in [0.15, 0.2) is 36.7 Å². The van der Waals surface area contributed by atoms with E-state index in [4.69, 9.17) is 21.1 Å². The van der Waals surface area contributed by atoms with Crippen molar-refractivity contribution in [1.82, 2.24) is 15.3 Å². The van der Waals surface area contributed by atoms with Crippen LogP contribution in [0.25, 0.3) is 10.9 Å². The van der Waals surface area contributed by atoms with E-state index in [1.807, 2.05) is 0 Å². The zero-order valence-corrected chi connectivity index (χ0v) is 17.2. The molecule has 2 aromatic carbocycles. The molecule has 158 valence electrons. The SMILES string of the molecule is COc1cc2ncnc(Nc3ccc(F)c(Cl)c3)c2cc1OCCNCCCC=O. The first-order chi connectivity index (χ1) is 14.6. The van der Waals surface area contributed by atoms with Crippen molar-refractivity contribution in [2.24, 2.45) is 0 Å². The average Bonchev–Trinajstić information content (AvgIpc) is 2.75. The number of nitrogens with one attached hydrogen (secondary N) is 2. The van der Waals surface area contributed by atoms with Gasteiger partial charge in [0.05, 0.1) is 17.6 Å². The molecule has 9 heteroatoms. The second-order valence-corrected chi connectivity index (χ2v) is 6.81. The Labute approximate surface area is 178 Å². The van der Waals surface area contributed by atoms with Crippen molar-refractivity contribution in [2.75, 3.05) is 32.1 Å². The highest BCUT2D eigenvalue weighted by atomic mass is 35.5. The molecule has 0 aliphatic heterocycles. The van der Waals surface area contributed by atoms with Crippen LogP contribution in [-0.4, -0.2) is 43.1 Å². The molecule has 3 aromatic rings. The van der Waals surface area contributed by atoms with Crippen LogP contribution in [0.2, 0.25) is 5.02 Å². The zero-order valence-electron chi connectivity index (χ0n) is 16.5. The van der Waals surface area contributed by atoms with Gasteiger partial charge in [-0.1, -0.05) is 11.6 Å². The third kappa shape index (κ3) is 5.55. The fraction of sp³-hybridized carbons (Fsp3) is 0.286. The average molecular weight is 433 g/mol. The van der Waals surface area contributed by atoms with E-state index in [9.17, 15) is 9.18 Å². The van der Waals surface area contributed by atoms with Crippen LogP contribution in [0.5, 0.6) is 11.5 Å². The lowest BCUT2D eigenvalue weighted by Gasteiger charge is -2.14. The van der Waals surface area contributed by atoms with Crippen molar-refractivity contribution in [3.8, 4) is 11.5 Å². The van der Waals surface area contributed by atoms with E-state index in [-0.39, 0.29) is 5.02 Å². The van der Waals surface area contributed by atoms with Gasteiger partial charge in [-0.3, -0.25) is 0 Å². The topological polar surface area (TPSA) is 85.4 Å². The quantitative estimate of drug-likeness (QED) is 0.348. The summed E-state index contributed by atoms with van der Waals surface area (Å²) in [5.74, 6) is 1.14. The Morgan fingerprint density at radius 2 is 2.03 bits per heavy atom. The Bertz CT molecular complexity index is 1020. The molecule has 30 heavy (non-hydrogen) atoms. The summed E-state index contributed by atoms with van der Waals surface area (Å²) >= 11 is 5.87. The molecule has 1 heterocycles. The number of benzene rings is 2. The van der Waals surface area contributed by atoms with Gasteiger partial charge in [0.25, 0.3) is 0 Å². The number of fused-ring (bicyclic) bond motifs is 1. The number of halogens is 2. The number of ether oxygens (including phenoxy) is 2. The summed E-state index contributed by atoms with van der Waals surface area (Å²) in [6.45, 7) is 1.80. The number of methoxy groups -OCH3 is 1. The largest absolute Gasteiger partial charge is 0.493 e. The van der Waals surface area contributed by atoms with Crippen LogP contribution in [0.4, 0.5) is 15.9 Å². The number of carbonyl (C=O) groups excluding carboxylic acids is 1. The van der Waals surface area contributed by atoms with Crippen LogP contribution in [0.1, 0.15) is 12.8 Å². The van der Waals surface area contributed by atoms with Crippen LogP contribution in [0, 0.1) is 5.82 Å². The number of rotatable bonds is 11. The molecular weight excluding hydrogens is 411 g/mol. The number of hydrogen-bond donors (Lipinski definition) is 2. The summed E-state index contributed by atoms with van der Waals surface area (Å²) in [5.41, 5.74) is 1.26. The Hall–Kier alpha value is -2.97. The molecule has 1 aromatic heterocycles. The molecule has 2 N–H and O–H groups in total. The number of anilines is 2. The summed E-state index contributed by atoms with van der Waals surface area (Å²) in [6.07, 6.45) is 3.68. The van der Waals surface area contributed by atoms with Gasteiger partial charge < -0.3 is 24.9 Å². The van der Waals surface area contributed by atoms with E-state index in [0.717, 1.165) is 19.3 Å². The second-order valence-electron chi connectivity index (χ2n) is 6.40. The number of aldehydes is 1. The fourth-order valence-electron chi connectivity index (χ4n) is 2.82. The highest BCUT2D eigenvalue weighted by Gasteiger charge is 2.12. The summed E-state index contributed by atoms with van der Waals surface area (Å²) in [5, 5.41) is 7.08. The Balaban J connectivity index is 1.77. The van der Waals surface area contributed by atoms with Crippen molar-refractivity contribution in [3.63, 3.8) is 0 Å². The highest BCUT2D eigenvalue weighted by Crippen LogP contribution is 2.35. The normalized spacial score (nSPS) is 10.8.